The molecule has 1 saturated heterocycles. The van der Waals surface area contributed by atoms with Gasteiger partial charge in [-0.25, -0.2) is 0 Å². The van der Waals surface area contributed by atoms with Crippen LogP contribution in [0.3, 0.4) is 0 Å². The first kappa shape index (κ1) is 18.4. The Morgan fingerprint density at radius 2 is 1.90 bits per heavy atom. The lowest BCUT2D eigenvalue weighted by Crippen LogP contribution is -2.53. The van der Waals surface area contributed by atoms with Crippen molar-refractivity contribution in [2.75, 3.05) is 19.6 Å². The maximum atomic E-state index is 12.4. The second-order valence-electron chi connectivity index (χ2n) is 6.44. The molecule has 0 saturated carbocycles. The summed E-state index contributed by atoms with van der Waals surface area (Å²) >= 11 is 0. The van der Waals surface area contributed by atoms with Crippen molar-refractivity contribution in [1.29, 1.82) is 0 Å². The smallest absolute Gasteiger partial charge is 0.237 e. The van der Waals surface area contributed by atoms with E-state index in [2.05, 4.69) is 50.2 Å². The SMILES string of the molecule is CCNC(C)C1CCCN(C(C)C(=O)NC(CC)CC)C1. The van der Waals surface area contributed by atoms with Gasteiger partial charge in [0.05, 0.1) is 6.04 Å². The number of nitrogens with one attached hydrogen (secondary N) is 2. The summed E-state index contributed by atoms with van der Waals surface area (Å²) < 4.78 is 0. The van der Waals surface area contributed by atoms with Crippen molar-refractivity contribution in [3.63, 3.8) is 0 Å². The van der Waals surface area contributed by atoms with Crippen LogP contribution in [0.25, 0.3) is 0 Å². The molecule has 1 fully saturated rings. The Balaban J connectivity index is 2.52. The van der Waals surface area contributed by atoms with E-state index in [1.54, 1.807) is 0 Å². The molecule has 1 aliphatic heterocycles. The molecule has 1 aliphatic rings. The van der Waals surface area contributed by atoms with Gasteiger partial charge in [0, 0.05) is 18.6 Å². The fourth-order valence-corrected chi connectivity index (χ4v) is 3.27. The minimum Gasteiger partial charge on any atom is -0.352 e. The molecule has 1 amide bonds. The quantitative estimate of drug-likeness (QED) is 0.723. The van der Waals surface area contributed by atoms with Gasteiger partial charge in [-0.05, 0) is 58.5 Å². The first-order valence-corrected chi connectivity index (χ1v) is 8.81. The van der Waals surface area contributed by atoms with E-state index in [9.17, 15) is 4.79 Å². The van der Waals surface area contributed by atoms with Gasteiger partial charge in [0.2, 0.25) is 5.91 Å². The topological polar surface area (TPSA) is 44.4 Å². The largest absolute Gasteiger partial charge is 0.352 e. The van der Waals surface area contributed by atoms with E-state index < -0.39 is 0 Å². The molecule has 21 heavy (non-hydrogen) atoms. The number of amides is 1. The highest BCUT2D eigenvalue weighted by atomic mass is 16.2. The molecular weight excluding hydrogens is 262 g/mol. The van der Waals surface area contributed by atoms with E-state index in [0.29, 0.717) is 18.0 Å². The van der Waals surface area contributed by atoms with E-state index in [0.717, 1.165) is 32.5 Å². The van der Waals surface area contributed by atoms with Crippen LogP contribution >= 0.6 is 0 Å². The summed E-state index contributed by atoms with van der Waals surface area (Å²) in [4.78, 5) is 14.8. The van der Waals surface area contributed by atoms with Crippen molar-refractivity contribution in [2.24, 2.45) is 5.92 Å². The molecule has 1 heterocycles. The second-order valence-corrected chi connectivity index (χ2v) is 6.44. The number of nitrogens with zero attached hydrogens (tertiary/aromatic N) is 1. The highest BCUT2D eigenvalue weighted by Gasteiger charge is 2.30. The number of carbonyl (C=O) groups excluding carboxylic acids is 1. The van der Waals surface area contributed by atoms with Crippen LogP contribution in [-0.4, -0.2) is 48.6 Å². The van der Waals surface area contributed by atoms with Crippen LogP contribution in [0.1, 0.15) is 60.3 Å². The molecule has 3 atom stereocenters. The Labute approximate surface area is 131 Å². The molecule has 0 aliphatic carbocycles. The first-order valence-electron chi connectivity index (χ1n) is 8.81. The third kappa shape index (κ3) is 5.59. The molecule has 2 N–H and O–H groups in total. The van der Waals surface area contributed by atoms with Crippen LogP contribution in [0.2, 0.25) is 0 Å². The first-order chi connectivity index (χ1) is 10.0. The van der Waals surface area contributed by atoms with E-state index in [1.807, 2.05) is 0 Å². The van der Waals surface area contributed by atoms with Gasteiger partial charge >= 0.3 is 0 Å². The Kier molecular flexibility index (Phi) is 8.27. The van der Waals surface area contributed by atoms with Crippen LogP contribution < -0.4 is 10.6 Å². The molecule has 0 aromatic heterocycles. The van der Waals surface area contributed by atoms with Crippen molar-refractivity contribution in [1.82, 2.24) is 15.5 Å². The highest BCUT2D eigenvalue weighted by molar-refractivity contribution is 5.81. The van der Waals surface area contributed by atoms with E-state index in [-0.39, 0.29) is 11.9 Å². The summed E-state index contributed by atoms with van der Waals surface area (Å²) in [6, 6.07) is 0.843. The zero-order valence-corrected chi connectivity index (χ0v) is 14.6. The van der Waals surface area contributed by atoms with Gasteiger partial charge in [0.25, 0.3) is 0 Å². The Morgan fingerprint density at radius 1 is 1.24 bits per heavy atom. The molecular formula is C17H35N3O. The molecule has 1 rings (SSSR count). The van der Waals surface area contributed by atoms with Crippen molar-refractivity contribution < 1.29 is 4.79 Å². The predicted octanol–water partition coefficient (Wildman–Crippen LogP) is 2.39. The summed E-state index contributed by atoms with van der Waals surface area (Å²) in [5.41, 5.74) is 0. The zero-order chi connectivity index (χ0) is 15.8. The Bertz CT molecular complexity index is 304. The van der Waals surface area contributed by atoms with Crippen LogP contribution in [0.4, 0.5) is 0 Å². The lowest BCUT2D eigenvalue weighted by atomic mass is 9.90. The monoisotopic (exact) mass is 297 g/mol. The van der Waals surface area contributed by atoms with Crippen LogP contribution in [0.5, 0.6) is 0 Å². The molecule has 4 heteroatoms. The average molecular weight is 297 g/mol. The maximum Gasteiger partial charge on any atom is 0.237 e. The molecule has 0 aromatic rings. The third-order valence-electron chi connectivity index (χ3n) is 4.98. The van der Waals surface area contributed by atoms with Gasteiger partial charge in [-0.3, -0.25) is 9.69 Å². The standard InChI is InChI=1S/C17H35N3O/c1-6-16(7-2)19-17(21)14(5)20-11-9-10-15(12-20)13(4)18-8-3/h13-16,18H,6-12H2,1-5H3,(H,19,21). The number of likely N-dealkylation sites (tertiary alicyclic amines) is 1. The minimum atomic E-state index is -0.0118. The van der Waals surface area contributed by atoms with Gasteiger partial charge in [-0.2, -0.15) is 0 Å². The van der Waals surface area contributed by atoms with Crippen molar-refractivity contribution in [3.05, 3.63) is 0 Å². The Morgan fingerprint density at radius 3 is 2.48 bits per heavy atom. The molecule has 0 radical (unpaired) electrons. The normalized spacial score (nSPS) is 23.0. The number of piperidine rings is 1. The highest BCUT2D eigenvalue weighted by Crippen LogP contribution is 2.21. The number of rotatable bonds is 8. The summed E-state index contributed by atoms with van der Waals surface area (Å²) in [6.45, 7) is 13.8. The number of hydrogen-bond acceptors (Lipinski definition) is 3. The minimum absolute atomic E-state index is 0.0118. The summed E-state index contributed by atoms with van der Waals surface area (Å²) in [5.74, 6) is 0.850. The Hall–Kier alpha value is -0.610. The summed E-state index contributed by atoms with van der Waals surface area (Å²) in [7, 11) is 0. The molecule has 0 bridgehead atoms. The van der Waals surface area contributed by atoms with E-state index >= 15 is 0 Å². The van der Waals surface area contributed by atoms with Gasteiger partial charge in [-0.15, -0.1) is 0 Å². The average Bonchev–Trinajstić information content (AvgIpc) is 2.51. The summed E-state index contributed by atoms with van der Waals surface area (Å²) in [5, 5.41) is 6.71. The lowest BCUT2D eigenvalue weighted by Gasteiger charge is -2.39. The molecule has 0 aromatic carbocycles. The maximum absolute atomic E-state index is 12.4. The van der Waals surface area contributed by atoms with Crippen molar-refractivity contribution in [3.8, 4) is 0 Å². The zero-order valence-electron chi connectivity index (χ0n) is 14.6. The van der Waals surface area contributed by atoms with Gasteiger partial charge in [0.15, 0.2) is 0 Å². The third-order valence-corrected chi connectivity index (χ3v) is 4.98. The van der Waals surface area contributed by atoms with Crippen molar-refractivity contribution in [2.45, 2.75) is 78.4 Å². The molecule has 3 unspecified atom stereocenters. The number of carbonyl (C=O) groups is 1. The lowest BCUT2D eigenvalue weighted by molar-refractivity contribution is -0.127. The molecule has 0 spiro atoms. The second kappa shape index (κ2) is 9.42. The number of hydrogen-bond donors (Lipinski definition) is 2. The fourth-order valence-electron chi connectivity index (χ4n) is 3.27. The van der Waals surface area contributed by atoms with Gasteiger partial charge in [-0.1, -0.05) is 20.8 Å². The van der Waals surface area contributed by atoms with E-state index in [1.165, 1.54) is 12.8 Å². The molecule has 124 valence electrons. The van der Waals surface area contributed by atoms with Gasteiger partial charge < -0.3 is 10.6 Å². The summed E-state index contributed by atoms with van der Waals surface area (Å²) in [6.07, 6.45) is 4.48. The predicted molar refractivity (Wildman–Crippen MR) is 89.4 cm³/mol. The fraction of sp³-hybridized carbons (Fsp3) is 0.941. The molecule has 4 nitrogen and oxygen atoms in total. The van der Waals surface area contributed by atoms with Crippen LogP contribution in [-0.2, 0) is 4.79 Å². The van der Waals surface area contributed by atoms with E-state index in [4.69, 9.17) is 0 Å². The van der Waals surface area contributed by atoms with Gasteiger partial charge in [0.1, 0.15) is 0 Å². The van der Waals surface area contributed by atoms with Crippen LogP contribution in [0.15, 0.2) is 0 Å². The van der Waals surface area contributed by atoms with Crippen molar-refractivity contribution >= 4 is 5.91 Å². The van der Waals surface area contributed by atoms with Crippen LogP contribution in [0, 0.1) is 5.92 Å².